The Hall–Kier alpha value is -3.12. The summed E-state index contributed by atoms with van der Waals surface area (Å²) in [6.45, 7) is 1.15. The number of nitrogens with one attached hydrogen (secondary N) is 1. The Morgan fingerprint density at radius 1 is 1.16 bits per heavy atom. The molecule has 1 N–H and O–H groups in total. The van der Waals surface area contributed by atoms with Gasteiger partial charge in [0.2, 0.25) is 5.91 Å². The lowest BCUT2D eigenvalue weighted by Gasteiger charge is -2.25. The zero-order valence-electron chi connectivity index (χ0n) is 17.1. The van der Waals surface area contributed by atoms with Crippen molar-refractivity contribution in [1.82, 2.24) is 20.0 Å². The second-order valence-electron chi connectivity index (χ2n) is 8.13. The molecule has 2 aromatic carbocycles. The van der Waals surface area contributed by atoms with Crippen LogP contribution in [-0.4, -0.2) is 33.0 Å². The van der Waals surface area contributed by atoms with Crippen molar-refractivity contribution in [2.75, 3.05) is 6.54 Å². The fourth-order valence-electron chi connectivity index (χ4n) is 4.55. The molecule has 0 saturated carbocycles. The van der Waals surface area contributed by atoms with Gasteiger partial charge in [-0.05, 0) is 42.5 Å². The Bertz CT molecular complexity index is 1160. The van der Waals surface area contributed by atoms with Crippen LogP contribution in [0.5, 0.6) is 0 Å². The highest BCUT2D eigenvalue weighted by atomic mass is 35.5. The fraction of sp³-hybridized carbons (Fsp3) is 0.292. The van der Waals surface area contributed by atoms with Crippen LogP contribution < -0.4 is 5.32 Å². The molecular formula is C24H23ClN4O2. The molecule has 2 heterocycles. The van der Waals surface area contributed by atoms with E-state index < -0.39 is 0 Å². The van der Waals surface area contributed by atoms with E-state index in [-0.39, 0.29) is 24.4 Å². The molecule has 6 nitrogen and oxygen atoms in total. The number of rotatable bonds is 5. The highest BCUT2D eigenvalue weighted by Gasteiger charge is 2.30. The number of hydrogen-bond donors (Lipinski definition) is 1. The molecule has 0 bridgehead atoms. The summed E-state index contributed by atoms with van der Waals surface area (Å²) in [6.07, 6.45) is 4.62. The third-order valence-electron chi connectivity index (χ3n) is 6.11. The van der Waals surface area contributed by atoms with Gasteiger partial charge in [0.1, 0.15) is 6.54 Å². The maximum Gasteiger partial charge on any atom is 0.254 e. The molecule has 31 heavy (non-hydrogen) atoms. The molecule has 2 amide bonds. The molecule has 2 aliphatic rings. The first kappa shape index (κ1) is 19.8. The monoisotopic (exact) mass is 434 g/mol. The van der Waals surface area contributed by atoms with E-state index in [1.165, 1.54) is 0 Å². The minimum Gasteiger partial charge on any atom is -0.348 e. The molecule has 1 unspecified atom stereocenters. The number of amides is 2. The third-order valence-corrected chi connectivity index (χ3v) is 6.48. The molecule has 0 radical (unpaired) electrons. The second kappa shape index (κ2) is 8.19. The zero-order chi connectivity index (χ0) is 21.4. The van der Waals surface area contributed by atoms with Gasteiger partial charge in [-0.1, -0.05) is 48.0 Å². The van der Waals surface area contributed by atoms with Gasteiger partial charge in [0.15, 0.2) is 0 Å². The molecule has 0 saturated heterocycles. The van der Waals surface area contributed by atoms with Gasteiger partial charge in [-0.3, -0.25) is 14.3 Å². The highest BCUT2D eigenvalue weighted by Crippen LogP contribution is 2.31. The van der Waals surface area contributed by atoms with Crippen LogP contribution in [0.25, 0.3) is 0 Å². The van der Waals surface area contributed by atoms with E-state index in [0.29, 0.717) is 18.7 Å². The van der Waals surface area contributed by atoms with Crippen LogP contribution in [0.15, 0.2) is 54.7 Å². The molecule has 158 valence electrons. The summed E-state index contributed by atoms with van der Waals surface area (Å²) in [4.78, 5) is 26.9. The molecule has 1 aliphatic carbocycles. The molecular weight excluding hydrogens is 412 g/mol. The molecule has 7 heteroatoms. The molecule has 0 fully saturated rings. The van der Waals surface area contributed by atoms with Crippen LogP contribution in [0.3, 0.4) is 0 Å². The normalized spacial score (nSPS) is 17.4. The van der Waals surface area contributed by atoms with Gasteiger partial charge in [-0.15, -0.1) is 0 Å². The van der Waals surface area contributed by atoms with Crippen LogP contribution in [0.1, 0.15) is 51.6 Å². The number of aromatic nitrogens is 2. The van der Waals surface area contributed by atoms with Crippen molar-refractivity contribution in [3.05, 3.63) is 87.7 Å². The van der Waals surface area contributed by atoms with E-state index in [0.717, 1.165) is 46.7 Å². The lowest BCUT2D eigenvalue weighted by atomic mass is 9.93. The Kier molecular flexibility index (Phi) is 5.24. The summed E-state index contributed by atoms with van der Waals surface area (Å²) in [6, 6.07) is 15.2. The number of hydrogen-bond acceptors (Lipinski definition) is 3. The smallest absolute Gasteiger partial charge is 0.254 e. The van der Waals surface area contributed by atoms with Crippen molar-refractivity contribution < 1.29 is 9.59 Å². The van der Waals surface area contributed by atoms with Gasteiger partial charge < -0.3 is 10.2 Å². The van der Waals surface area contributed by atoms with E-state index in [9.17, 15) is 9.59 Å². The maximum absolute atomic E-state index is 12.8. The third kappa shape index (κ3) is 3.83. The van der Waals surface area contributed by atoms with Gasteiger partial charge in [0.25, 0.3) is 5.91 Å². The molecule has 1 atom stereocenters. The minimum absolute atomic E-state index is 0.0626. The summed E-state index contributed by atoms with van der Waals surface area (Å²) >= 11 is 6.32. The number of benzene rings is 2. The average molecular weight is 435 g/mol. The number of halogens is 1. The second-order valence-corrected chi connectivity index (χ2v) is 8.53. The Balaban J connectivity index is 1.27. The quantitative estimate of drug-likeness (QED) is 0.665. The van der Waals surface area contributed by atoms with Crippen molar-refractivity contribution >= 4 is 23.4 Å². The first-order chi connectivity index (χ1) is 15.1. The number of fused-ring (bicyclic) bond motifs is 2. The summed E-state index contributed by atoms with van der Waals surface area (Å²) in [5.74, 6) is -0.222. The summed E-state index contributed by atoms with van der Waals surface area (Å²) in [7, 11) is 0. The van der Waals surface area contributed by atoms with Gasteiger partial charge in [-0.25, -0.2) is 0 Å². The topological polar surface area (TPSA) is 67.2 Å². The minimum atomic E-state index is -0.141. The van der Waals surface area contributed by atoms with Crippen LogP contribution in [0.4, 0.5) is 0 Å². The first-order valence-corrected chi connectivity index (χ1v) is 10.9. The van der Waals surface area contributed by atoms with Crippen molar-refractivity contribution in [2.45, 2.75) is 38.4 Å². The average Bonchev–Trinajstić information content (AvgIpc) is 3.32. The van der Waals surface area contributed by atoms with Crippen molar-refractivity contribution in [3.63, 3.8) is 0 Å². The number of carbonyl (C=O) groups is 2. The first-order valence-electron chi connectivity index (χ1n) is 10.5. The van der Waals surface area contributed by atoms with Gasteiger partial charge in [0.05, 0.1) is 18.8 Å². The fourth-order valence-corrected chi connectivity index (χ4v) is 4.74. The van der Waals surface area contributed by atoms with Gasteiger partial charge in [-0.2, -0.15) is 5.10 Å². The number of carbonyl (C=O) groups excluding carboxylic acids is 2. The summed E-state index contributed by atoms with van der Waals surface area (Å²) in [5.41, 5.74) is 4.88. The predicted molar refractivity (Wildman–Crippen MR) is 118 cm³/mol. The molecule has 1 aliphatic heterocycles. The van der Waals surface area contributed by atoms with E-state index in [1.54, 1.807) is 4.90 Å². The van der Waals surface area contributed by atoms with E-state index in [2.05, 4.69) is 10.4 Å². The molecule has 0 spiro atoms. The Labute approximate surface area is 185 Å². The van der Waals surface area contributed by atoms with Gasteiger partial charge in [0, 0.05) is 28.4 Å². The predicted octanol–water partition coefficient (Wildman–Crippen LogP) is 3.73. The van der Waals surface area contributed by atoms with Crippen molar-refractivity contribution in [1.29, 1.82) is 0 Å². The van der Waals surface area contributed by atoms with Crippen LogP contribution >= 0.6 is 11.6 Å². The van der Waals surface area contributed by atoms with Gasteiger partial charge >= 0.3 is 0 Å². The van der Waals surface area contributed by atoms with Crippen LogP contribution in [0.2, 0.25) is 5.02 Å². The largest absolute Gasteiger partial charge is 0.348 e. The highest BCUT2D eigenvalue weighted by molar-refractivity contribution is 6.31. The lowest BCUT2D eigenvalue weighted by Crippen LogP contribution is -2.39. The van der Waals surface area contributed by atoms with Crippen LogP contribution in [0, 0.1) is 0 Å². The molecule has 1 aromatic heterocycles. The molecule has 5 rings (SSSR count). The summed E-state index contributed by atoms with van der Waals surface area (Å²) in [5, 5.41) is 8.43. The van der Waals surface area contributed by atoms with E-state index in [4.69, 9.17) is 11.6 Å². The maximum atomic E-state index is 12.8. The Morgan fingerprint density at radius 2 is 1.97 bits per heavy atom. The van der Waals surface area contributed by atoms with E-state index in [1.807, 2.05) is 59.4 Å². The van der Waals surface area contributed by atoms with Crippen molar-refractivity contribution in [3.8, 4) is 0 Å². The molecule has 3 aromatic rings. The lowest BCUT2D eigenvalue weighted by molar-refractivity contribution is -0.122. The van der Waals surface area contributed by atoms with Crippen LogP contribution in [-0.2, 0) is 24.3 Å². The standard InChI is InChI=1S/C24H23ClN4O2/c25-20-9-4-2-7-17(20)14-29-22-11-5-10-21(19(22)12-26-29)27-23(30)15-28-13-16-6-1-3-8-18(16)24(28)31/h1-4,6-9,12,21H,5,10-11,13-15H2,(H,27,30). The zero-order valence-corrected chi connectivity index (χ0v) is 17.8. The van der Waals surface area contributed by atoms with E-state index >= 15 is 0 Å². The Morgan fingerprint density at radius 3 is 2.81 bits per heavy atom. The SMILES string of the molecule is O=C(CN1Cc2ccccc2C1=O)NC1CCCc2c1cnn2Cc1ccccc1Cl. The summed E-state index contributed by atoms with van der Waals surface area (Å²) < 4.78 is 1.98. The van der Waals surface area contributed by atoms with Crippen molar-refractivity contribution in [2.24, 2.45) is 0 Å². The number of nitrogens with zero attached hydrogens (tertiary/aromatic N) is 3.